The lowest BCUT2D eigenvalue weighted by molar-refractivity contribution is -0.124. The topological polar surface area (TPSA) is 78.7 Å². The van der Waals surface area contributed by atoms with Crippen LogP contribution >= 0.6 is 0 Å². The van der Waals surface area contributed by atoms with Crippen LogP contribution in [0.25, 0.3) is 17.0 Å². The number of carbonyl (C=O) groups excluding carboxylic acids is 1. The molecule has 1 N–H and O–H groups in total. The molecular weight excluding hydrogens is 390 g/mol. The molecule has 1 saturated heterocycles. The summed E-state index contributed by atoms with van der Waals surface area (Å²) < 4.78 is 1.79. The third-order valence-electron chi connectivity index (χ3n) is 6.06. The van der Waals surface area contributed by atoms with Gasteiger partial charge in [-0.05, 0) is 38.6 Å². The zero-order chi connectivity index (χ0) is 21.8. The van der Waals surface area contributed by atoms with E-state index in [0.29, 0.717) is 18.7 Å². The smallest absolute Gasteiger partial charge is 0.225 e. The number of fused-ring (bicyclic) bond motifs is 1. The van der Waals surface area contributed by atoms with Crippen LogP contribution in [0.2, 0.25) is 0 Å². The molecule has 0 saturated carbocycles. The highest BCUT2D eigenvalue weighted by Crippen LogP contribution is 2.24. The zero-order valence-corrected chi connectivity index (χ0v) is 18.6. The monoisotopic (exact) mass is 421 g/mol. The molecule has 4 rings (SSSR count). The zero-order valence-electron chi connectivity index (χ0n) is 18.6. The second kappa shape index (κ2) is 9.43. The van der Waals surface area contributed by atoms with Crippen LogP contribution in [0, 0.1) is 12.8 Å². The second-order valence-corrected chi connectivity index (χ2v) is 8.10. The summed E-state index contributed by atoms with van der Waals surface area (Å²) in [6.45, 7) is 11.4. The maximum atomic E-state index is 12.6. The number of nitrogens with zero attached hydrogens (tertiary/aromatic N) is 6. The van der Waals surface area contributed by atoms with Crippen LogP contribution in [0.3, 0.4) is 0 Å². The average Bonchev–Trinajstić information content (AvgIpc) is 3.44. The lowest BCUT2D eigenvalue weighted by Crippen LogP contribution is -2.38. The molecule has 31 heavy (non-hydrogen) atoms. The summed E-state index contributed by atoms with van der Waals surface area (Å²) in [5, 5.41) is 16.5. The van der Waals surface area contributed by atoms with Gasteiger partial charge in [0.15, 0.2) is 11.5 Å². The largest absolute Gasteiger partial charge is 0.355 e. The van der Waals surface area contributed by atoms with E-state index >= 15 is 0 Å². The van der Waals surface area contributed by atoms with Gasteiger partial charge in [-0.2, -0.15) is 4.52 Å². The highest BCUT2D eigenvalue weighted by atomic mass is 16.1. The first-order valence-corrected chi connectivity index (χ1v) is 11.1. The van der Waals surface area contributed by atoms with E-state index in [1.165, 1.54) is 5.56 Å². The van der Waals surface area contributed by atoms with Crippen molar-refractivity contribution in [2.24, 2.45) is 5.92 Å². The van der Waals surface area contributed by atoms with Gasteiger partial charge < -0.3 is 15.1 Å². The Kier molecular flexibility index (Phi) is 6.46. The number of rotatable bonds is 8. The molecule has 8 heteroatoms. The van der Waals surface area contributed by atoms with Gasteiger partial charge in [-0.1, -0.05) is 43.7 Å². The van der Waals surface area contributed by atoms with E-state index in [1.807, 2.05) is 24.3 Å². The van der Waals surface area contributed by atoms with E-state index in [2.05, 4.69) is 58.2 Å². The van der Waals surface area contributed by atoms with Gasteiger partial charge in [-0.15, -0.1) is 15.3 Å². The number of nitrogens with one attached hydrogen (secondary N) is 1. The summed E-state index contributed by atoms with van der Waals surface area (Å²) in [4.78, 5) is 17.1. The maximum absolute atomic E-state index is 12.6. The molecule has 1 aliphatic rings. The lowest BCUT2D eigenvalue weighted by Gasteiger charge is -2.19. The summed E-state index contributed by atoms with van der Waals surface area (Å²) in [5.74, 6) is 1.70. The predicted octanol–water partition coefficient (Wildman–Crippen LogP) is 2.38. The molecule has 1 amide bonds. The number of benzene rings is 1. The first kappa shape index (κ1) is 21.2. The van der Waals surface area contributed by atoms with Crippen LogP contribution in [-0.2, 0) is 4.79 Å². The fourth-order valence-corrected chi connectivity index (χ4v) is 4.03. The number of hydrogen-bond donors (Lipinski definition) is 1. The fourth-order valence-electron chi connectivity index (χ4n) is 4.03. The van der Waals surface area contributed by atoms with Crippen molar-refractivity contribution in [3.05, 3.63) is 42.0 Å². The molecule has 1 unspecified atom stereocenters. The molecule has 1 atom stereocenters. The van der Waals surface area contributed by atoms with Crippen LogP contribution in [0.4, 0.5) is 5.82 Å². The van der Waals surface area contributed by atoms with E-state index in [1.54, 1.807) is 4.52 Å². The SMILES string of the molecule is CCN(CC)CCNC(=O)C1CCN(c2ccc3nnc(-c4ccc(C)cc4)n3n2)C1. The van der Waals surface area contributed by atoms with E-state index in [4.69, 9.17) is 5.10 Å². The number of aryl methyl sites for hydroxylation is 1. The third-order valence-corrected chi connectivity index (χ3v) is 6.06. The Morgan fingerprint density at radius 3 is 2.65 bits per heavy atom. The van der Waals surface area contributed by atoms with Crippen LogP contribution in [-0.4, -0.2) is 69.9 Å². The van der Waals surface area contributed by atoms with Crippen LogP contribution < -0.4 is 10.2 Å². The van der Waals surface area contributed by atoms with Crippen molar-refractivity contribution in [3.63, 3.8) is 0 Å². The first-order chi connectivity index (χ1) is 15.1. The van der Waals surface area contributed by atoms with Crippen LogP contribution in [0.1, 0.15) is 25.8 Å². The molecule has 3 heterocycles. The first-order valence-electron chi connectivity index (χ1n) is 11.1. The minimum Gasteiger partial charge on any atom is -0.355 e. The predicted molar refractivity (Wildman–Crippen MR) is 122 cm³/mol. The van der Waals surface area contributed by atoms with E-state index in [-0.39, 0.29) is 11.8 Å². The van der Waals surface area contributed by atoms with Gasteiger partial charge in [0, 0.05) is 31.7 Å². The normalized spacial score (nSPS) is 16.4. The number of anilines is 1. The van der Waals surface area contributed by atoms with Crippen molar-refractivity contribution >= 4 is 17.4 Å². The number of hydrogen-bond acceptors (Lipinski definition) is 6. The molecule has 0 aliphatic carbocycles. The summed E-state index contributed by atoms with van der Waals surface area (Å²) in [7, 11) is 0. The van der Waals surface area contributed by atoms with Gasteiger partial charge >= 0.3 is 0 Å². The molecule has 0 radical (unpaired) electrons. The molecule has 8 nitrogen and oxygen atoms in total. The lowest BCUT2D eigenvalue weighted by atomic mass is 10.1. The number of likely N-dealkylation sites (N-methyl/N-ethyl adjacent to an activating group) is 1. The van der Waals surface area contributed by atoms with E-state index < -0.39 is 0 Å². The van der Waals surface area contributed by atoms with Crippen molar-refractivity contribution in [1.82, 2.24) is 30.0 Å². The van der Waals surface area contributed by atoms with E-state index in [0.717, 1.165) is 49.8 Å². The summed E-state index contributed by atoms with van der Waals surface area (Å²) >= 11 is 0. The standard InChI is InChI=1S/C23H31N7O/c1-4-28(5-2)15-13-24-23(31)19-12-14-29(16-19)21-11-10-20-25-26-22(30(20)27-21)18-8-6-17(3)7-9-18/h6-11,19H,4-5,12-16H2,1-3H3,(H,24,31). The summed E-state index contributed by atoms with van der Waals surface area (Å²) in [6.07, 6.45) is 0.837. The maximum Gasteiger partial charge on any atom is 0.225 e. The minimum absolute atomic E-state index is 0.00770. The van der Waals surface area contributed by atoms with Gasteiger partial charge in [0.25, 0.3) is 0 Å². The molecule has 1 aliphatic heterocycles. The van der Waals surface area contributed by atoms with Crippen LogP contribution in [0.5, 0.6) is 0 Å². The molecule has 164 valence electrons. The average molecular weight is 422 g/mol. The van der Waals surface area contributed by atoms with Gasteiger partial charge in [-0.25, -0.2) is 0 Å². The van der Waals surface area contributed by atoms with Gasteiger partial charge in [0.1, 0.15) is 5.82 Å². The minimum atomic E-state index is -0.00770. The molecule has 3 aromatic rings. The highest BCUT2D eigenvalue weighted by Gasteiger charge is 2.29. The van der Waals surface area contributed by atoms with Crippen molar-refractivity contribution in [3.8, 4) is 11.4 Å². The Labute approximate surface area is 183 Å². The Bertz CT molecular complexity index is 1030. The van der Waals surface area contributed by atoms with Crippen molar-refractivity contribution in [2.45, 2.75) is 27.2 Å². The molecule has 2 aromatic heterocycles. The Morgan fingerprint density at radius 2 is 1.90 bits per heavy atom. The van der Waals surface area contributed by atoms with E-state index in [9.17, 15) is 4.79 Å². The molecule has 0 spiro atoms. The number of carbonyl (C=O) groups is 1. The number of amides is 1. The third kappa shape index (κ3) is 4.69. The van der Waals surface area contributed by atoms with Crippen molar-refractivity contribution in [2.75, 3.05) is 44.2 Å². The second-order valence-electron chi connectivity index (χ2n) is 8.10. The summed E-state index contributed by atoms with van der Waals surface area (Å²) in [6, 6.07) is 12.1. The van der Waals surface area contributed by atoms with Crippen LogP contribution in [0.15, 0.2) is 36.4 Å². The Hall–Kier alpha value is -3.00. The van der Waals surface area contributed by atoms with Gasteiger partial charge in [0.2, 0.25) is 5.91 Å². The Balaban J connectivity index is 1.43. The van der Waals surface area contributed by atoms with Crippen molar-refractivity contribution < 1.29 is 4.79 Å². The fraction of sp³-hybridized carbons (Fsp3) is 0.478. The van der Waals surface area contributed by atoms with Gasteiger partial charge in [0.05, 0.1) is 5.92 Å². The molecule has 0 bridgehead atoms. The molecule has 1 aromatic carbocycles. The van der Waals surface area contributed by atoms with Crippen molar-refractivity contribution in [1.29, 1.82) is 0 Å². The molecule has 1 fully saturated rings. The van der Waals surface area contributed by atoms with Gasteiger partial charge in [-0.3, -0.25) is 4.79 Å². The summed E-state index contributed by atoms with van der Waals surface area (Å²) in [5.41, 5.74) is 2.89. The quantitative estimate of drug-likeness (QED) is 0.602. The molecular formula is C23H31N7O. The Morgan fingerprint density at radius 1 is 1.13 bits per heavy atom. The highest BCUT2D eigenvalue weighted by molar-refractivity contribution is 5.80. The number of aromatic nitrogens is 4.